The Balaban J connectivity index is 2.24. The number of hydrogen-bond acceptors (Lipinski definition) is 2. The van der Waals surface area contributed by atoms with Crippen LogP contribution < -0.4 is 0 Å². The molecule has 1 saturated heterocycles. The quantitative estimate of drug-likeness (QED) is 0.742. The van der Waals surface area contributed by atoms with Gasteiger partial charge in [0, 0.05) is 10.6 Å². The highest BCUT2D eigenvalue weighted by Crippen LogP contribution is 2.39. The van der Waals surface area contributed by atoms with Crippen molar-refractivity contribution < 1.29 is 4.74 Å². The molecule has 1 aliphatic rings. The topological polar surface area (TPSA) is 9.23 Å². The first-order chi connectivity index (χ1) is 7.59. The molecule has 0 radical (unpaired) electrons. The lowest BCUT2D eigenvalue weighted by atomic mass is 10.1. The highest BCUT2D eigenvalue weighted by atomic mass is 32.2. The van der Waals surface area contributed by atoms with Crippen molar-refractivity contribution in [2.75, 3.05) is 12.4 Å². The van der Waals surface area contributed by atoms with Gasteiger partial charge in [0.05, 0.1) is 20.8 Å². The second-order valence-electron chi connectivity index (χ2n) is 5.36. The van der Waals surface area contributed by atoms with Crippen molar-refractivity contribution in [1.82, 2.24) is 0 Å². The van der Waals surface area contributed by atoms with Crippen LogP contribution in [0.5, 0.6) is 0 Å². The molecule has 0 bridgehead atoms. The van der Waals surface area contributed by atoms with Gasteiger partial charge >= 0.3 is 0 Å². The average Bonchev–Trinajstić information content (AvgIpc) is 2.29. The summed E-state index contributed by atoms with van der Waals surface area (Å²) in [5, 5.41) is 0. The highest BCUT2D eigenvalue weighted by molar-refractivity contribution is 8.01. The van der Waals surface area contributed by atoms with Gasteiger partial charge in [-0.05, 0) is 5.56 Å². The van der Waals surface area contributed by atoms with Gasteiger partial charge < -0.3 is 4.74 Å². The SMILES string of the molecule is C[Si](C)(C)[C@H]1SCCO[C@H]1c1ccccc1. The molecule has 0 aromatic heterocycles. The molecule has 1 heterocycles. The molecule has 1 aromatic rings. The van der Waals surface area contributed by atoms with Crippen molar-refractivity contribution in [1.29, 1.82) is 0 Å². The summed E-state index contributed by atoms with van der Waals surface area (Å²) >= 11 is 2.11. The van der Waals surface area contributed by atoms with Crippen molar-refractivity contribution in [3.05, 3.63) is 35.9 Å². The number of thioether (sulfide) groups is 1. The lowest BCUT2D eigenvalue weighted by molar-refractivity contribution is 0.0670. The van der Waals surface area contributed by atoms with Crippen LogP contribution >= 0.6 is 11.8 Å². The van der Waals surface area contributed by atoms with E-state index in [1.807, 2.05) is 0 Å². The number of hydrogen-bond donors (Lipinski definition) is 0. The zero-order valence-electron chi connectivity index (χ0n) is 10.3. The zero-order chi connectivity index (χ0) is 11.6. The summed E-state index contributed by atoms with van der Waals surface area (Å²) < 4.78 is 6.02. The third-order valence-corrected chi connectivity index (χ3v) is 8.57. The van der Waals surface area contributed by atoms with E-state index in [-0.39, 0.29) is 0 Å². The first kappa shape index (κ1) is 12.2. The molecule has 1 fully saturated rings. The highest BCUT2D eigenvalue weighted by Gasteiger charge is 2.37. The molecule has 2 atom stereocenters. The van der Waals surface area contributed by atoms with Crippen LogP contribution in [0.2, 0.25) is 19.6 Å². The van der Waals surface area contributed by atoms with E-state index in [4.69, 9.17) is 4.74 Å². The Morgan fingerprint density at radius 2 is 1.88 bits per heavy atom. The maximum atomic E-state index is 6.02. The fourth-order valence-corrected chi connectivity index (χ4v) is 6.55. The van der Waals surface area contributed by atoms with Crippen molar-refractivity contribution in [3.8, 4) is 0 Å². The molecule has 0 amide bonds. The van der Waals surface area contributed by atoms with Crippen LogP contribution in [0.3, 0.4) is 0 Å². The van der Waals surface area contributed by atoms with E-state index in [1.165, 1.54) is 5.56 Å². The zero-order valence-corrected chi connectivity index (χ0v) is 12.1. The van der Waals surface area contributed by atoms with Gasteiger partial charge in [0.25, 0.3) is 0 Å². The minimum absolute atomic E-state index is 0.312. The van der Waals surface area contributed by atoms with Crippen LogP contribution in [-0.4, -0.2) is 25.3 Å². The standard InChI is InChI=1S/C13H20OSSi/c1-16(2,3)13-12(14-9-10-15-13)11-7-5-4-6-8-11/h4-8,12-13H,9-10H2,1-3H3/t12-,13+/m0/s1. The van der Waals surface area contributed by atoms with E-state index in [2.05, 4.69) is 61.7 Å². The second-order valence-corrected chi connectivity index (χ2v) is 12.4. The maximum Gasteiger partial charge on any atom is 0.0918 e. The molecule has 0 saturated carbocycles. The molecular formula is C13H20OSSi. The van der Waals surface area contributed by atoms with Crippen LogP contribution in [-0.2, 0) is 4.74 Å². The van der Waals surface area contributed by atoms with E-state index in [0.29, 0.717) is 11.0 Å². The molecule has 3 heteroatoms. The third-order valence-electron chi connectivity index (χ3n) is 2.93. The second kappa shape index (κ2) is 4.94. The van der Waals surface area contributed by atoms with Crippen LogP contribution in [0.1, 0.15) is 11.7 Å². The fourth-order valence-electron chi connectivity index (χ4n) is 2.14. The van der Waals surface area contributed by atoms with Crippen LogP contribution in [0, 0.1) is 0 Å². The molecule has 1 nitrogen and oxygen atoms in total. The average molecular weight is 252 g/mol. The monoisotopic (exact) mass is 252 g/mol. The van der Waals surface area contributed by atoms with Crippen LogP contribution in [0.15, 0.2) is 30.3 Å². The molecule has 0 N–H and O–H groups in total. The predicted octanol–water partition coefficient (Wildman–Crippen LogP) is 3.74. The van der Waals surface area contributed by atoms with Gasteiger partial charge in [-0.1, -0.05) is 50.0 Å². The number of rotatable bonds is 2. The fraction of sp³-hybridized carbons (Fsp3) is 0.538. The maximum absolute atomic E-state index is 6.02. The summed E-state index contributed by atoms with van der Waals surface area (Å²) in [5.41, 5.74) is 1.35. The summed E-state index contributed by atoms with van der Waals surface area (Å²) in [6.45, 7) is 8.21. The summed E-state index contributed by atoms with van der Waals surface area (Å²) in [7, 11) is -1.16. The smallest absolute Gasteiger partial charge is 0.0918 e. The lowest BCUT2D eigenvalue weighted by Crippen LogP contribution is -2.43. The van der Waals surface area contributed by atoms with Gasteiger partial charge in [-0.15, -0.1) is 0 Å². The molecule has 0 unspecified atom stereocenters. The van der Waals surface area contributed by atoms with Gasteiger partial charge in [-0.3, -0.25) is 0 Å². The molecule has 1 aromatic carbocycles. The van der Waals surface area contributed by atoms with E-state index in [1.54, 1.807) is 0 Å². The Labute approximate surface area is 104 Å². The van der Waals surface area contributed by atoms with Crippen molar-refractivity contribution in [2.45, 2.75) is 30.6 Å². The third kappa shape index (κ3) is 2.70. The van der Waals surface area contributed by atoms with Crippen molar-refractivity contribution >= 4 is 19.8 Å². The lowest BCUT2D eigenvalue weighted by Gasteiger charge is -2.38. The van der Waals surface area contributed by atoms with Crippen LogP contribution in [0.25, 0.3) is 0 Å². The largest absolute Gasteiger partial charge is 0.372 e. The number of ether oxygens (including phenoxy) is 1. The Morgan fingerprint density at radius 1 is 1.19 bits per heavy atom. The Hall–Kier alpha value is -0.253. The van der Waals surface area contributed by atoms with E-state index < -0.39 is 8.07 Å². The van der Waals surface area contributed by atoms with Gasteiger partial charge in [-0.2, -0.15) is 11.8 Å². The molecule has 1 aliphatic heterocycles. The molecular weight excluding hydrogens is 232 g/mol. The Kier molecular flexibility index (Phi) is 3.77. The predicted molar refractivity (Wildman–Crippen MR) is 74.7 cm³/mol. The van der Waals surface area contributed by atoms with E-state index in [9.17, 15) is 0 Å². The van der Waals surface area contributed by atoms with Gasteiger partial charge in [-0.25, -0.2) is 0 Å². The molecule has 0 aliphatic carbocycles. The van der Waals surface area contributed by atoms with E-state index in [0.717, 1.165) is 12.4 Å². The molecule has 88 valence electrons. The van der Waals surface area contributed by atoms with Gasteiger partial charge in [0.15, 0.2) is 0 Å². The summed E-state index contributed by atoms with van der Waals surface area (Å²) in [6, 6.07) is 10.7. The molecule has 0 spiro atoms. The van der Waals surface area contributed by atoms with E-state index >= 15 is 0 Å². The minimum atomic E-state index is -1.16. The van der Waals surface area contributed by atoms with Crippen molar-refractivity contribution in [3.63, 3.8) is 0 Å². The van der Waals surface area contributed by atoms with Gasteiger partial charge in [0.2, 0.25) is 0 Å². The van der Waals surface area contributed by atoms with Crippen molar-refractivity contribution in [2.24, 2.45) is 0 Å². The number of benzene rings is 1. The Bertz CT molecular complexity index is 334. The summed E-state index contributed by atoms with van der Waals surface area (Å²) in [5.74, 6) is 1.15. The normalized spacial score (nSPS) is 26.7. The Morgan fingerprint density at radius 3 is 2.50 bits per heavy atom. The van der Waals surface area contributed by atoms with Crippen LogP contribution in [0.4, 0.5) is 0 Å². The summed E-state index contributed by atoms with van der Waals surface area (Å²) in [6.07, 6.45) is 0.312. The molecule has 16 heavy (non-hydrogen) atoms. The first-order valence-corrected chi connectivity index (χ1v) is 10.5. The summed E-state index contributed by atoms with van der Waals surface area (Å²) in [4.78, 5) is 0.684. The minimum Gasteiger partial charge on any atom is -0.372 e. The van der Waals surface area contributed by atoms with Gasteiger partial charge in [0.1, 0.15) is 0 Å². The molecule has 2 rings (SSSR count). The first-order valence-electron chi connectivity index (χ1n) is 5.87.